The van der Waals surface area contributed by atoms with Gasteiger partial charge in [0.25, 0.3) is 0 Å². The topological polar surface area (TPSA) is 26.3 Å². The van der Waals surface area contributed by atoms with Gasteiger partial charge in [-0.15, -0.1) is 0 Å². The predicted octanol–water partition coefficient (Wildman–Crippen LogP) is 2.06. The lowest BCUT2D eigenvalue weighted by molar-refractivity contribution is -0.140. The van der Waals surface area contributed by atoms with Crippen LogP contribution in [0.4, 0.5) is 0 Å². The molecular weight excluding hydrogens is 252 g/mol. The van der Waals surface area contributed by atoms with Crippen LogP contribution < -0.4 is 0 Å². The molecule has 0 atom stereocenters. The van der Waals surface area contributed by atoms with E-state index in [0.717, 1.165) is 6.42 Å². The number of alkyl halides is 2. The number of ether oxygens (including phenoxy) is 1. The van der Waals surface area contributed by atoms with E-state index in [4.69, 9.17) is 0 Å². The maximum Gasteiger partial charge on any atom is 0.302 e. The van der Waals surface area contributed by atoms with E-state index >= 15 is 0 Å². The second-order valence-electron chi connectivity index (χ2n) is 1.52. The molecule has 0 unspecified atom stereocenters. The van der Waals surface area contributed by atoms with Crippen LogP contribution in [0, 0.1) is 0 Å². The first-order valence-corrected chi connectivity index (χ1v) is 4.37. The lowest BCUT2D eigenvalue weighted by atomic mass is 10.5. The Balaban J connectivity index is 3.01. The molecule has 9 heavy (non-hydrogen) atoms. The average molecular weight is 260 g/mol. The van der Waals surface area contributed by atoms with Gasteiger partial charge in [0.05, 0.1) is 10.3 Å². The highest BCUT2D eigenvalue weighted by atomic mass is 79.9. The van der Waals surface area contributed by atoms with Crippen molar-refractivity contribution in [2.45, 2.75) is 17.1 Å². The van der Waals surface area contributed by atoms with E-state index in [1.54, 1.807) is 0 Å². The number of esters is 1. The molecule has 0 heterocycles. The molecule has 0 aromatic rings. The fourth-order valence-electron chi connectivity index (χ4n) is 0.292. The van der Waals surface area contributed by atoms with Crippen LogP contribution in [0.15, 0.2) is 0 Å². The third-order valence-corrected chi connectivity index (χ3v) is 1.56. The minimum Gasteiger partial charge on any atom is -0.466 e. The van der Waals surface area contributed by atoms with Crippen molar-refractivity contribution in [2.75, 3.05) is 6.61 Å². The van der Waals surface area contributed by atoms with Gasteiger partial charge in [0.2, 0.25) is 0 Å². The molecule has 4 heteroatoms. The second-order valence-corrected chi connectivity index (χ2v) is 4.96. The van der Waals surface area contributed by atoms with Gasteiger partial charge < -0.3 is 4.74 Å². The first-order chi connectivity index (χ1) is 4.13. The Hall–Kier alpha value is 0.430. The summed E-state index contributed by atoms with van der Waals surface area (Å²) in [6.07, 6.45) is 0.791. The minimum absolute atomic E-state index is 0.226. The zero-order valence-corrected chi connectivity index (χ0v) is 8.24. The van der Waals surface area contributed by atoms with Gasteiger partial charge in [-0.05, 0) is 0 Å². The van der Waals surface area contributed by atoms with Gasteiger partial charge in [-0.2, -0.15) is 0 Å². The van der Waals surface area contributed by atoms with Crippen LogP contribution in [0.25, 0.3) is 0 Å². The monoisotopic (exact) mass is 258 g/mol. The largest absolute Gasteiger partial charge is 0.466 e. The zero-order valence-electron chi connectivity index (χ0n) is 5.06. The van der Waals surface area contributed by atoms with Crippen LogP contribution in [0.2, 0.25) is 0 Å². The number of carbonyl (C=O) groups excluding carboxylic acids is 1. The van der Waals surface area contributed by atoms with Gasteiger partial charge in [0.1, 0.15) is 0 Å². The Morgan fingerprint density at radius 3 is 2.56 bits per heavy atom. The van der Waals surface area contributed by atoms with Crippen molar-refractivity contribution in [1.29, 1.82) is 0 Å². The van der Waals surface area contributed by atoms with Gasteiger partial charge in [-0.3, -0.25) is 4.79 Å². The molecule has 0 amide bonds. The predicted molar refractivity (Wildman–Crippen MR) is 42.9 cm³/mol. The second kappa shape index (κ2) is 5.23. The van der Waals surface area contributed by atoms with Crippen molar-refractivity contribution in [2.24, 2.45) is 0 Å². The highest BCUT2D eigenvalue weighted by molar-refractivity contribution is 9.24. The summed E-state index contributed by atoms with van der Waals surface area (Å²) in [6, 6.07) is 0. The molecule has 0 aromatic carbocycles. The number of hydrogen-bond acceptors (Lipinski definition) is 2. The molecule has 0 radical (unpaired) electrons. The molecule has 0 saturated carbocycles. The summed E-state index contributed by atoms with van der Waals surface area (Å²) >= 11 is 6.50. The molecule has 0 N–H and O–H groups in total. The molecule has 2 nitrogen and oxygen atoms in total. The van der Waals surface area contributed by atoms with E-state index in [-0.39, 0.29) is 9.71 Å². The summed E-state index contributed by atoms with van der Waals surface area (Å²) in [5.41, 5.74) is 0. The number of rotatable bonds is 3. The SMILES string of the molecule is CC(=O)OCCC(Br)Br. The molecular formula is C5H8Br2O2. The lowest BCUT2D eigenvalue weighted by Gasteiger charge is -2.00. The molecule has 0 saturated heterocycles. The molecule has 0 aliphatic heterocycles. The first-order valence-electron chi connectivity index (χ1n) is 2.54. The van der Waals surface area contributed by atoms with E-state index < -0.39 is 0 Å². The molecule has 0 aromatic heterocycles. The minimum atomic E-state index is -0.226. The fraction of sp³-hybridized carbons (Fsp3) is 0.800. The summed E-state index contributed by atoms with van der Waals surface area (Å²) < 4.78 is 4.89. The molecule has 0 rings (SSSR count). The van der Waals surface area contributed by atoms with Crippen LogP contribution in [0.1, 0.15) is 13.3 Å². The third kappa shape index (κ3) is 8.43. The van der Waals surface area contributed by atoms with E-state index in [9.17, 15) is 4.79 Å². The van der Waals surface area contributed by atoms with Gasteiger partial charge in [-0.25, -0.2) is 0 Å². The average Bonchev–Trinajstić information content (AvgIpc) is 1.63. The molecule has 0 bridgehead atoms. The van der Waals surface area contributed by atoms with Crippen LogP contribution in [0.5, 0.6) is 0 Å². The van der Waals surface area contributed by atoms with Crippen molar-refractivity contribution in [3.8, 4) is 0 Å². The summed E-state index contributed by atoms with van der Waals surface area (Å²) in [4.78, 5) is 10.2. The Morgan fingerprint density at radius 2 is 2.22 bits per heavy atom. The van der Waals surface area contributed by atoms with Crippen LogP contribution in [-0.2, 0) is 9.53 Å². The lowest BCUT2D eigenvalue weighted by Crippen LogP contribution is -2.02. The Bertz CT molecular complexity index is 93.0. The maximum atomic E-state index is 10.2. The van der Waals surface area contributed by atoms with Crippen molar-refractivity contribution in [3.63, 3.8) is 0 Å². The van der Waals surface area contributed by atoms with Crippen molar-refractivity contribution in [3.05, 3.63) is 0 Å². The van der Waals surface area contributed by atoms with Crippen LogP contribution >= 0.6 is 31.9 Å². The summed E-state index contributed by atoms with van der Waals surface area (Å²) in [5, 5.41) is 0. The van der Waals surface area contributed by atoms with E-state index in [1.807, 2.05) is 0 Å². The summed E-state index contributed by atoms with van der Waals surface area (Å²) in [6.45, 7) is 1.87. The number of carbonyl (C=O) groups is 1. The van der Waals surface area contributed by atoms with E-state index in [0.29, 0.717) is 6.61 Å². The normalized spacial score (nSPS) is 9.78. The van der Waals surface area contributed by atoms with Crippen LogP contribution in [-0.4, -0.2) is 16.3 Å². The Labute approximate surface area is 71.2 Å². The standard InChI is InChI=1S/C5H8Br2O2/c1-4(8)9-3-2-5(6)7/h5H,2-3H2,1H3. The van der Waals surface area contributed by atoms with Gasteiger partial charge in [-0.1, -0.05) is 31.9 Å². The van der Waals surface area contributed by atoms with Gasteiger partial charge >= 0.3 is 5.97 Å². The molecule has 54 valence electrons. The molecule has 0 fully saturated rings. The van der Waals surface area contributed by atoms with E-state index in [1.165, 1.54) is 6.92 Å². The van der Waals surface area contributed by atoms with Crippen molar-refractivity contribution in [1.82, 2.24) is 0 Å². The zero-order chi connectivity index (χ0) is 7.28. The maximum absolute atomic E-state index is 10.2. The highest BCUT2D eigenvalue weighted by Gasteiger charge is 1.97. The number of halogens is 2. The van der Waals surface area contributed by atoms with Crippen molar-refractivity contribution >= 4 is 37.8 Å². The third-order valence-electron chi connectivity index (χ3n) is 0.641. The Kier molecular flexibility index (Phi) is 5.48. The molecule has 0 spiro atoms. The van der Waals surface area contributed by atoms with Crippen molar-refractivity contribution < 1.29 is 9.53 Å². The molecule has 0 aliphatic carbocycles. The van der Waals surface area contributed by atoms with E-state index in [2.05, 4.69) is 36.6 Å². The fourth-order valence-corrected chi connectivity index (χ4v) is 0.666. The quantitative estimate of drug-likeness (QED) is 0.573. The summed E-state index contributed by atoms with van der Waals surface area (Å²) in [5.74, 6) is -0.226. The first kappa shape index (κ1) is 9.43. The number of hydrogen-bond donors (Lipinski definition) is 0. The van der Waals surface area contributed by atoms with Gasteiger partial charge in [0.15, 0.2) is 0 Å². The summed E-state index contributed by atoms with van der Waals surface area (Å²) in [7, 11) is 0. The van der Waals surface area contributed by atoms with Gasteiger partial charge in [0, 0.05) is 13.3 Å². The molecule has 0 aliphatic rings. The Morgan fingerprint density at radius 1 is 1.67 bits per heavy atom. The highest BCUT2D eigenvalue weighted by Crippen LogP contribution is 2.11. The smallest absolute Gasteiger partial charge is 0.302 e. The van der Waals surface area contributed by atoms with Crippen LogP contribution in [0.3, 0.4) is 0 Å².